The first-order chi connectivity index (χ1) is 10.1. The molecule has 1 aromatic rings. The number of amides is 1. The highest BCUT2D eigenvalue weighted by atomic mass is 35.5. The summed E-state index contributed by atoms with van der Waals surface area (Å²) in [5.74, 6) is 0.788. The fraction of sp³-hybridized carbons (Fsp3) is 0.588. The second-order valence-corrected chi connectivity index (χ2v) is 6.31. The van der Waals surface area contributed by atoms with E-state index in [9.17, 15) is 4.79 Å². The van der Waals surface area contributed by atoms with E-state index in [4.69, 9.17) is 11.6 Å². The molecule has 21 heavy (non-hydrogen) atoms. The summed E-state index contributed by atoms with van der Waals surface area (Å²) in [5.41, 5.74) is 1.50. The SMILES string of the molecule is CCCNc1ccc(Cl)cc1C(=O)NC(CC)CC1CC1. The number of benzene rings is 1. The standard InChI is InChI=1S/C17H25ClN2O/c1-3-9-19-16-8-7-13(18)11-15(16)17(21)20-14(4-2)10-12-5-6-12/h7-8,11-12,14,19H,3-6,9-10H2,1-2H3,(H,20,21). The van der Waals surface area contributed by atoms with Crippen molar-refractivity contribution in [3.63, 3.8) is 0 Å². The van der Waals surface area contributed by atoms with Gasteiger partial charge in [-0.2, -0.15) is 0 Å². The maximum atomic E-state index is 12.5. The Bertz CT molecular complexity index is 486. The molecule has 0 saturated heterocycles. The first kappa shape index (κ1) is 16.2. The number of hydrogen-bond donors (Lipinski definition) is 2. The van der Waals surface area contributed by atoms with Crippen molar-refractivity contribution in [2.75, 3.05) is 11.9 Å². The Kier molecular flexibility index (Phi) is 5.92. The lowest BCUT2D eigenvalue weighted by Gasteiger charge is -2.18. The van der Waals surface area contributed by atoms with Crippen LogP contribution in [0.1, 0.15) is 56.3 Å². The molecule has 3 nitrogen and oxygen atoms in total. The number of carbonyl (C=O) groups excluding carboxylic acids is 1. The van der Waals surface area contributed by atoms with Crippen LogP contribution in [-0.4, -0.2) is 18.5 Å². The van der Waals surface area contributed by atoms with Gasteiger partial charge in [-0.15, -0.1) is 0 Å². The van der Waals surface area contributed by atoms with Gasteiger partial charge in [-0.1, -0.05) is 38.3 Å². The summed E-state index contributed by atoms with van der Waals surface area (Å²) >= 11 is 6.05. The summed E-state index contributed by atoms with van der Waals surface area (Å²) in [7, 11) is 0. The van der Waals surface area contributed by atoms with Gasteiger partial charge in [0.2, 0.25) is 0 Å². The van der Waals surface area contributed by atoms with E-state index in [1.807, 2.05) is 12.1 Å². The molecule has 0 aromatic heterocycles. The maximum Gasteiger partial charge on any atom is 0.253 e. The molecule has 1 atom stereocenters. The minimum Gasteiger partial charge on any atom is -0.384 e. The van der Waals surface area contributed by atoms with Crippen LogP contribution in [0.5, 0.6) is 0 Å². The average molecular weight is 309 g/mol. The number of halogens is 1. The largest absolute Gasteiger partial charge is 0.384 e. The molecule has 0 bridgehead atoms. The van der Waals surface area contributed by atoms with Crippen LogP contribution in [0, 0.1) is 5.92 Å². The Morgan fingerprint density at radius 1 is 1.38 bits per heavy atom. The molecule has 0 aliphatic heterocycles. The van der Waals surface area contributed by atoms with Gasteiger partial charge in [0.1, 0.15) is 0 Å². The van der Waals surface area contributed by atoms with Crippen molar-refractivity contribution in [2.24, 2.45) is 5.92 Å². The van der Waals surface area contributed by atoms with Crippen molar-refractivity contribution in [2.45, 2.75) is 52.0 Å². The molecule has 4 heteroatoms. The summed E-state index contributed by atoms with van der Waals surface area (Å²) < 4.78 is 0. The van der Waals surface area contributed by atoms with Gasteiger partial charge < -0.3 is 10.6 Å². The highest BCUT2D eigenvalue weighted by Gasteiger charge is 2.26. The zero-order valence-electron chi connectivity index (χ0n) is 12.9. The maximum absolute atomic E-state index is 12.5. The lowest BCUT2D eigenvalue weighted by molar-refractivity contribution is 0.0933. The molecule has 1 unspecified atom stereocenters. The van der Waals surface area contributed by atoms with Crippen LogP contribution in [0.25, 0.3) is 0 Å². The number of nitrogens with one attached hydrogen (secondary N) is 2. The van der Waals surface area contributed by atoms with Gasteiger partial charge in [-0.25, -0.2) is 0 Å². The Balaban J connectivity index is 2.06. The van der Waals surface area contributed by atoms with Crippen LogP contribution in [0.15, 0.2) is 18.2 Å². The predicted molar refractivity (Wildman–Crippen MR) is 89.1 cm³/mol. The van der Waals surface area contributed by atoms with E-state index in [-0.39, 0.29) is 11.9 Å². The fourth-order valence-electron chi connectivity index (χ4n) is 2.46. The fourth-order valence-corrected chi connectivity index (χ4v) is 2.64. The smallest absolute Gasteiger partial charge is 0.253 e. The first-order valence-electron chi connectivity index (χ1n) is 7.98. The van der Waals surface area contributed by atoms with Crippen molar-refractivity contribution in [3.05, 3.63) is 28.8 Å². The number of hydrogen-bond acceptors (Lipinski definition) is 2. The molecule has 0 spiro atoms. The van der Waals surface area contributed by atoms with Crippen LogP contribution in [0.2, 0.25) is 5.02 Å². The van der Waals surface area contributed by atoms with Crippen molar-refractivity contribution >= 4 is 23.2 Å². The molecule has 1 aliphatic carbocycles. The second-order valence-electron chi connectivity index (χ2n) is 5.87. The Morgan fingerprint density at radius 3 is 2.76 bits per heavy atom. The van der Waals surface area contributed by atoms with Gasteiger partial charge in [-0.3, -0.25) is 4.79 Å². The van der Waals surface area contributed by atoms with Gasteiger partial charge in [0.15, 0.2) is 0 Å². The molecule has 0 heterocycles. The molecule has 0 radical (unpaired) electrons. The molecule has 1 saturated carbocycles. The average Bonchev–Trinajstić information content (AvgIpc) is 3.29. The topological polar surface area (TPSA) is 41.1 Å². The second kappa shape index (κ2) is 7.69. The van der Waals surface area contributed by atoms with E-state index < -0.39 is 0 Å². The van der Waals surface area contributed by atoms with E-state index in [0.717, 1.165) is 37.4 Å². The summed E-state index contributed by atoms with van der Waals surface area (Å²) in [6, 6.07) is 5.72. The quantitative estimate of drug-likeness (QED) is 0.744. The van der Waals surface area contributed by atoms with E-state index in [0.29, 0.717) is 10.6 Å². The minimum absolute atomic E-state index is 0.0244. The van der Waals surface area contributed by atoms with E-state index in [1.165, 1.54) is 12.8 Å². The highest BCUT2D eigenvalue weighted by molar-refractivity contribution is 6.31. The van der Waals surface area contributed by atoms with Gasteiger partial charge in [0.05, 0.1) is 5.56 Å². The minimum atomic E-state index is -0.0244. The number of carbonyl (C=O) groups is 1. The Hall–Kier alpha value is -1.22. The van der Waals surface area contributed by atoms with E-state index in [2.05, 4.69) is 24.5 Å². The van der Waals surface area contributed by atoms with Crippen molar-refractivity contribution in [1.29, 1.82) is 0 Å². The van der Waals surface area contributed by atoms with Crippen LogP contribution < -0.4 is 10.6 Å². The predicted octanol–water partition coefficient (Wildman–Crippen LogP) is 4.47. The van der Waals surface area contributed by atoms with Crippen molar-refractivity contribution in [1.82, 2.24) is 5.32 Å². The Labute approximate surface area is 132 Å². The van der Waals surface area contributed by atoms with Crippen LogP contribution in [0.3, 0.4) is 0 Å². The molecule has 1 aromatic carbocycles. The molecule has 2 rings (SSSR count). The zero-order chi connectivity index (χ0) is 15.2. The monoisotopic (exact) mass is 308 g/mol. The van der Waals surface area contributed by atoms with Crippen LogP contribution in [0.4, 0.5) is 5.69 Å². The van der Waals surface area contributed by atoms with E-state index in [1.54, 1.807) is 6.07 Å². The molecular weight excluding hydrogens is 284 g/mol. The third-order valence-electron chi connectivity index (χ3n) is 3.93. The number of rotatable bonds is 8. The van der Waals surface area contributed by atoms with Crippen molar-refractivity contribution in [3.8, 4) is 0 Å². The lowest BCUT2D eigenvalue weighted by atomic mass is 10.1. The molecule has 116 valence electrons. The van der Waals surface area contributed by atoms with Crippen LogP contribution >= 0.6 is 11.6 Å². The normalized spacial score (nSPS) is 15.6. The third kappa shape index (κ3) is 4.92. The van der Waals surface area contributed by atoms with Gasteiger partial charge in [-0.05, 0) is 43.4 Å². The Morgan fingerprint density at radius 2 is 2.14 bits per heavy atom. The highest BCUT2D eigenvalue weighted by Crippen LogP contribution is 2.34. The first-order valence-corrected chi connectivity index (χ1v) is 8.36. The summed E-state index contributed by atoms with van der Waals surface area (Å²) in [6.07, 6.45) is 5.71. The summed E-state index contributed by atoms with van der Waals surface area (Å²) in [4.78, 5) is 12.5. The van der Waals surface area contributed by atoms with Gasteiger partial charge >= 0.3 is 0 Å². The molecule has 1 aliphatic rings. The number of anilines is 1. The summed E-state index contributed by atoms with van der Waals surface area (Å²) in [6.45, 7) is 5.08. The van der Waals surface area contributed by atoms with E-state index >= 15 is 0 Å². The molecule has 1 amide bonds. The lowest BCUT2D eigenvalue weighted by Crippen LogP contribution is -2.35. The zero-order valence-corrected chi connectivity index (χ0v) is 13.7. The summed E-state index contributed by atoms with van der Waals surface area (Å²) in [5, 5.41) is 7.05. The molecule has 2 N–H and O–H groups in total. The molecular formula is C17H25ClN2O. The third-order valence-corrected chi connectivity index (χ3v) is 4.17. The van der Waals surface area contributed by atoms with Gasteiger partial charge in [0, 0.05) is 23.3 Å². The molecule has 1 fully saturated rings. The van der Waals surface area contributed by atoms with Crippen molar-refractivity contribution < 1.29 is 4.79 Å². The van der Waals surface area contributed by atoms with Gasteiger partial charge in [0.25, 0.3) is 5.91 Å². The van der Waals surface area contributed by atoms with Crippen LogP contribution in [-0.2, 0) is 0 Å².